The van der Waals surface area contributed by atoms with E-state index in [2.05, 4.69) is 14.9 Å². The summed E-state index contributed by atoms with van der Waals surface area (Å²) in [5, 5.41) is 3.67. The van der Waals surface area contributed by atoms with Crippen molar-refractivity contribution >= 4 is 10.2 Å². The lowest BCUT2D eigenvalue weighted by molar-refractivity contribution is 0.322. The second kappa shape index (κ2) is 5.82. The van der Waals surface area contributed by atoms with Crippen LogP contribution in [0, 0.1) is 6.92 Å². The molecule has 1 saturated heterocycles. The summed E-state index contributed by atoms with van der Waals surface area (Å²) in [5.74, 6) is 1.37. The maximum atomic E-state index is 12.6. The third kappa shape index (κ3) is 2.92. The van der Waals surface area contributed by atoms with Crippen molar-refractivity contribution < 1.29 is 17.4 Å². The molecule has 0 unspecified atom stereocenters. The Kier molecular flexibility index (Phi) is 4.02. The van der Waals surface area contributed by atoms with Crippen LogP contribution >= 0.6 is 0 Å². The van der Waals surface area contributed by atoms with Gasteiger partial charge in [0.2, 0.25) is 5.89 Å². The van der Waals surface area contributed by atoms with E-state index >= 15 is 0 Å². The second-order valence-corrected chi connectivity index (χ2v) is 6.96. The van der Waals surface area contributed by atoms with Gasteiger partial charge in [0.25, 0.3) is 10.2 Å². The van der Waals surface area contributed by atoms with E-state index in [1.165, 1.54) is 4.31 Å². The molecule has 1 aliphatic heterocycles. The van der Waals surface area contributed by atoms with Gasteiger partial charge in [-0.25, -0.2) is 0 Å². The van der Waals surface area contributed by atoms with Crippen molar-refractivity contribution in [2.75, 3.05) is 6.54 Å². The molecule has 8 nitrogen and oxygen atoms in total. The van der Waals surface area contributed by atoms with E-state index < -0.39 is 16.3 Å². The Bertz CT molecular complexity index is 725. The van der Waals surface area contributed by atoms with Gasteiger partial charge < -0.3 is 8.94 Å². The van der Waals surface area contributed by atoms with Gasteiger partial charge >= 0.3 is 0 Å². The molecule has 0 aromatic carbocycles. The van der Waals surface area contributed by atoms with Crippen LogP contribution < -0.4 is 4.72 Å². The van der Waals surface area contributed by atoms with Crippen molar-refractivity contribution in [2.24, 2.45) is 0 Å². The van der Waals surface area contributed by atoms with Crippen LogP contribution in [0.15, 0.2) is 27.3 Å². The summed E-state index contributed by atoms with van der Waals surface area (Å²) >= 11 is 0. The first-order valence-electron chi connectivity index (χ1n) is 7.10. The van der Waals surface area contributed by atoms with Crippen LogP contribution in [0.4, 0.5) is 0 Å². The van der Waals surface area contributed by atoms with Gasteiger partial charge in [-0.05, 0) is 38.8 Å². The summed E-state index contributed by atoms with van der Waals surface area (Å²) in [7, 11) is -3.68. The van der Waals surface area contributed by atoms with Gasteiger partial charge in [0.1, 0.15) is 5.76 Å². The van der Waals surface area contributed by atoms with Gasteiger partial charge in [0.05, 0.1) is 18.3 Å². The molecule has 22 heavy (non-hydrogen) atoms. The highest BCUT2D eigenvalue weighted by Crippen LogP contribution is 2.34. The quantitative estimate of drug-likeness (QED) is 0.897. The van der Waals surface area contributed by atoms with Gasteiger partial charge in [-0.1, -0.05) is 5.16 Å². The summed E-state index contributed by atoms with van der Waals surface area (Å²) in [6.07, 6.45) is 3.08. The summed E-state index contributed by atoms with van der Waals surface area (Å²) in [6, 6.07) is 2.69. The van der Waals surface area contributed by atoms with E-state index in [0.717, 1.165) is 12.8 Å². The standard InChI is InChI=1S/C13H18N4O4S/c1-9(13-14-10(2)15-21-13)16-22(18,19)17-7-3-5-11(17)12-6-4-8-20-12/h4,6,8-9,11,16H,3,5,7H2,1-2H3/t9-,11-/m1/s1. The van der Waals surface area contributed by atoms with E-state index in [9.17, 15) is 8.42 Å². The highest BCUT2D eigenvalue weighted by molar-refractivity contribution is 7.87. The summed E-state index contributed by atoms with van der Waals surface area (Å²) < 4.78 is 39.6. The number of furan rings is 1. The molecule has 0 bridgehead atoms. The maximum Gasteiger partial charge on any atom is 0.280 e. The Morgan fingerprint density at radius 3 is 2.95 bits per heavy atom. The van der Waals surface area contributed by atoms with Crippen LogP contribution in [0.1, 0.15) is 49.3 Å². The third-order valence-electron chi connectivity index (χ3n) is 3.62. The van der Waals surface area contributed by atoms with Crippen molar-refractivity contribution in [2.45, 2.75) is 38.8 Å². The third-order valence-corrected chi connectivity index (χ3v) is 5.33. The molecule has 0 amide bonds. The van der Waals surface area contributed by atoms with Crippen molar-refractivity contribution in [3.05, 3.63) is 35.9 Å². The Hall–Kier alpha value is -1.71. The molecule has 3 heterocycles. The van der Waals surface area contributed by atoms with E-state index in [-0.39, 0.29) is 11.9 Å². The normalized spacial score (nSPS) is 21.3. The molecule has 3 rings (SSSR count). The average molecular weight is 326 g/mol. The SMILES string of the molecule is Cc1noc([C@@H](C)NS(=O)(=O)N2CCC[C@@H]2c2ccco2)n1. The number of nitrogens with zero attached hydrogens (tertiary/aromatic N) is 3. The van der Waals surface area contributed by atoms with Crippen molar-refractivity contribution in [1.29, 1.82) is 0 Å². The zero-order valence-corrected chi connectivity index (χ0v) is 13.2. The Labute approximate surface area is 128 Å². The predicted molar refractivity (Wildman–Crippen MR) is 76.9 cm³/mol. The lowest BCUT2D eigenvalue weighted by Crippen LogP contribution is -2.41. The molecule has 9 heteroatoms. The average Bonchev–Trinajstić information content (AvgIpc) is 3.19. The minimum atomic E-state index is -3.68. The highest BCUT2D eigenvalue weighted by Gasteiger charge is 2.37. The van der Waals surface area contributed by atoms with E-state index in [1.54, 1.807) is 32.2 Å². The fourth-order valence-corrected chi connectivity index (χ4v) is 4.22. The molecule has 2 atom stereocenters. The first-order valence-corrected chi connectivity index (χ1v) is 8.54. The molecular weight excluding hydrogens is 308 g/mol. The summed E-state index contributed by atoms with van der Waals surface area (Å²) in [5.41, 5.74) is 0. The van der Waals surface area contributed by atoms with Gasteiger partial charge in [-0.3, -0.25) is 0 Å². The monoisotopic (exact) mass is 326 g/mol. The minimum Gasteiger partial charge on any atom is -0.468 e. The first kappa shape index (κ1) is 15.2. The first-order chi connectivity index (χ1) is 10.5. The van der Waals surface area contributed by atoms with Crippen LogP contribution in [0.3, 0.4) is 0 Å². The van der Waals surface area contributed by atoms with Crippen molar-refractivity contribution in [1.82, 2.24) is 19.2 Å². The fraction of sp³-hybridized carbons (Fsp3) is 0.538. The highest BCUT2D eigenvalue weighted by atomic mass is 32.2. The minimum absolute atomic E-state index is 0.245. The number of hydrogen-bond acceptors (Lipinski definition) is 6. The number of nitrogens with one attached hydrogen (secondary N) is 1. The van der Waals surface area contributed by atoms with Crippen molar-refractivity contribution in [3.8, 4) is 0 Å². The Balaban J connectivity index is 1.77. The zero-order valence-electron chi connectivity index (χ0n) is 12.4. The van der Waals surface area contributed by atoms with E-state index in [1.807, 2.05) is 0 Å². The van der Waals surface area contributed by atoms with E-state index in [4.69, 9.17) is 8.94 Å². The van der Waals surface area contributed by atoms with Crippen LogP contribution in [0.5, 0.6) is 0 Å². The van der Waals surface area contributed by atoms with Crippen LogP contribution in [-0.4, -0.2) is 29.4 Å². The Morgan fingerprint density at radius 1 is 1.50 bits per heavy atom. The van der Waals surface area contributed by atoms with Crippen molar-refractivity contribution in [3.63, 3.8) is 0 Å². The lowest BCUT2D eigenvalue weighted by atomic mass is 10.2. The summed E-state index contributed by atoms with van der Waals surface area (Å²) in [6.45, 7) is 3.81. The van der Waals surface area contributed by atoms with Gasteiger partial charge in [0, 0.05) is 6.54 Å². The molecule has 0 radical (unpaired) electrons. The number of aryl methyl sites for hydroxylation is 1. The topological polar surface area (TPSA) is 101 Å². The van der Waals surface area contributed by atoms with Gasteiger partial charge in [-0.15, -0.1) is 0 Å². The molecule has 120 valence electrons. The number of aromatic nitrogens is 2. The summed E-state index contributed by atoms with van der Waals surface area (Å²) in [4.78, 5) is 4.05. The van der Waals surface area contributed by atoms with Gasteiger partial charge in [0.15, 0.2) is 5.82 Å². The predicted octanol–water partition coefficient (Wildman–Crippen LogP) is 1.70. The maximum absolute atomic E-state index is 12.6. The fourth-order valence-electron chi connectivity index (χ4n) is 2.62. The number of hydrogen-bond donors (Lipinski definition) is 1. The molecule has 2 aromatic heterocycles. The van der Waals surface area contributed by atoms with Crippen LogP contribution in [-0.2, 0) is 10.2 Å². The molecule has 0 spiro atoms. The number of rotatable bonds is 5. The molecule has 2 aromatic rings. The van der Waals surface area contributed by atoms with Crippen LogP contribution in [0.25, 0.3) is 0 Å². The molecular formula is C13H18N4O4S. The smallest absolute Gasteiger partial charge is 0.280 e. The largest absolute Gasteiger partial charge is 0.468 e. The molecule has 1 N–H and O–H groups in total. The van der Waals surface area contributed by atoms with Gasteiger partial charge in [-0.2, -0.15) is 22.4 Å². The molecule has 1 fully saturated rings. The second-order valence-electron chi connectivity index (χ2n) is 5.31. The lowest BCUT2D eigenvalue weighted by Gasteiger charge is -2.24. The Morgan fingerprint density at radius 2 is 2.32 bits per heavy atom. The molecule has 1 aliphatic rings. The molecule has 0 saturated carbocycles. The van der Waals surface area contributed by atoms with Crippen LogP contribution in [0.2, 0.25) is 0 Å². The molecule has 0 aliphatic carbocycles. The van der Waals surface area contributed by atoms with E-state index in [0.29, 0.717) is 18.1 Å². The zero-order chi connectivity index (χ0) is 15.7.